The highest BCUT2D eigenvalue weighted by atomic mass is 15.3. The number of aromatic nitrogens is 1. The van der Waals surface area contributed by atoms with E-state index in [2.05, 4.69) is 55.9 Å². The number of nitrogens with one attached hydrogen (secondary N) is 1. The minimum Gasteiger partial charge on any atom is -0.311 e. The molecule has 1 atom stereocenters. The summed E-state index contributed by atoms with van der Waals surface area (Å²) in [6.45, 7) is 14.6. The summed E-state index contributed by atoms with van der Waals surface area (Å²) in [4.78, 5) is 7.06. The maximum Gasteiger partial charge on any atom is 0.0333 e. The molecule has 3 nitrogen and oxygen atoms in total. The number of nitrogens with zero attached hydrogens (tertiary/aromatic N) is 2. The van der Waals surface area contributed by atoms with E-state index in [1.165, 1.54) is 24.0 Å². The van der Waals surface area contributed by atoms with Crippen LogP contribution >= 0.6 is 0 Å². The van der Waals surface area contributed by atoms with Crippen LogP contribution in [0.5, 0.6) is 0 Å². The quantitative estimate of drug-likeness (QED) is 0.900. The van der Waals surface area contributed by atoms with E-state index in [1.807, 2.05) is 12.4 Å². The molecule has 1 aliphatic heterocycles. The van der Waals surface area contributed by atoms with Crippen LogP contribution in [0, 0.1) is 12.8 Å². The summed E-state index contributed by atoms with van der Waals surface area (Å²) < 4.78 is 0. The Labute approximate surface area is 130 Å². The van der Waals surface area contributed by atoms with Crippen molar-refractivity contribution in [1.82, 2.24) is 15.2 Å². The summed E-state index contributed by atoms with van der Waals surface area (Å²) in [5.74, 6) is 0.676. The van der Waals surface area contributed by atoms with Crippen LogP contribution in [-0.2, 0) is 6.54 Å². The van der Waals surface area contributed by atoms with Crippen LogP contribution in [0.1, 0.15) is 51.7 Å². The lowest BCUT2D eigenvalue weighted by Crippen LogP contribution is -2.64. The zero-order valence-corrected chi connectivity index (χ0v) is 14.3. The largest absolute Gasteiger partial charge is 0.311 e. The molecule has 1 N–H and O–H groups in total. The third-order valence-corrected chi connectivity index (χ3v) is 5.21. The second-order valence-electron chi connectivity index (χ2n) is 6.91. The zero-order valence-electron chi connectivity index (χ0n) is 14.3. The van der Waals surface area contributed by atoms with E-state index >= 15 is 0 Å². The van der Waals surface area contributed by atoms with Gasteiger partial charge in [0.25, 0.3) is 0 Å². The second-order valence-corrected chi connectivity index (χ2v) is 6.91. The monoisotopic (exact) mass is 289 g/mol. The number of hydrogen-bond donors (Lipinski definition) is 1. The maximum atomic E-state index is 4.36. The Bertz CT molecular complexity index is 452. The van der Waals surface area contributed by atoms with Gasteiger partial charge in [-0.05, 0) is 36.8 Å². The summed E-state index contributed by atoms with van der Waals surface area (Å²) in [6, 6.07) is 2.86. The first-order chi connectivity index (χ1) is 10.0. The lowest BCUT2D eigenvalue weighted by atomic mass is 9.85. The summed E-state index contributed by atoms with van der Waals surface area (Å²) in [5.41, 5.74) is 2.88. The minimum absolute atomic E-state index is 0.287. The van der Waals surface area contributed by atoms with Crippen LogP contribution in [0.2, 0.25) is 0 Å². The van der Waals surface area contributed by atoms with Crippen LogP contribution in [-0.4, -0.2) is 34.6 Å². The molecule has 0 aliphatic carbocycles. The predicted octanol–water partition coefficient (Wildman–Crippen LogP) is 3.38. The van der Waals surface area contributed by atoms with Crippen molar-refractivity contribution < 1.29 is 0 Å². The average Bonchev–Trinajstić information content (AvgIpc) is 2.47. The molecule has 0 radical (unpaired) electrons. The van der Waals surface area contributed by atoms with Gasteiger partial charge in [-0.25, -0.2) is 0 Å². The van der Waals surface area contributed by atoms with Crippen LogP contribution in [0.15, 0.2) is 18.5 Å². The van der Waals surface area contributed by atoms with Crippen molar-refractivity contribution in [2.24, 2.45) is 5.92 Å². The van der Waals surface area contributed by atoms with Gasteiger partial charge in [0.05, 0.1) is 0 Å². The van der Waals surface area contributed by atoms with Crippen molar-refractivity contribution in [3.63, 3.8) is 0 Å². The molecule has 0 amide bonds. The minimum atomic E-state index is 0.287. The van der Waals surface area contributed by atoms with Crippen molar-refractivity contribution >= 4 is 0 Å². The van der Waals surface area contributed by atoms with E-state index in [-0.39, 0.29) is 5.54 Å². The molecule has 118 valence electrons. The first-order valence-corrected chi connectivity index (χ1v) is 8.39. The fraction of sp³-hybridized carbons (Fsp3) is 0.722. The molecule has 3 heteroatoms. The molecule has 1 aromatic rings. The number of aryl methyl sites for hydroxylation is 1. The molecule has 2 heterocycles. The third-order valence-electron chi connectivity index (χ3n) is 5.21. The van der Waals surface area contributed by atoms with E-state index in [1.54, 1.807) is 0 Å². The Morgan fingerprint density at radius 2 is 2.05 bits per heavy atom. The van der Waals surface area contributed by atoms with Gasteiger partial charge in [-0.3, -0.25) is 9.88 Å². The molecular formula is C18H31N3. The second kappa shape index (κ2) is 6.89. The maximum absolute atomic E-state index is 4.36. The molecule has 21 heavy (non-hydrogen) atoms. The lowest BCUT2D eigenvalue weighted by Gasteiger charge is -2.50. The fourth-order valence-corrected chi connectivity index (χ4v) is 3.48. The van der Waals surface area contributed by atoms with E-state index in [0.29, 0.717) is 12.0 Å². The van der Waals surface area contributed by atoms with E-state index in [4.69, 9.17) is 0 Å². The van der Waals surface area contributed by atoms with Gasteiger partial charge in [0.1, 0.15) is 0 Å². The number of pyridine rings is 1. The summed E-state index contributed by atoms with van der Waals surface area (Å²) in [6.07, 6.45) is 6.35. The van der Waals surface area contributed by atoms with Crippen LogP contribution < -0.4 is 5.32 Å². The molecular weight excluding hydrogens is 258 g/mol. The molecule has 1 fully saturated rings. The smallest absolute Gasteiger partial charge is 0.0333 e. The highest BCUT2D eigenvalue weighted by molar-refractivity contribution is 5.17. The molecule has 1 saturated heterocycles. The fourth-order valence-electron chi connectivity index (χ4n) is 3.48. The van der Waals surface area contributed by atoms with Gasteiger partial charge in [-0.2, -0.15) is 0 Å². The molecule has 1 aliphatic rings. The van der Waals surface area contributed by atoms with Gasteiger partial charge < -0.3 is 5.32 Å². The Morgan fingerprint density at radius 3 is 2.62 bits per heavy atom. The first-order valence-electron chi connectivity index (χ1n) is 8.39. The standard InChI is InChI=1S/C18H31N3/c1-6-18(7-2)13-20-17(14(3)4)12-21(18)11-16-8-15(5)9-19-10-16/h8-10,14,17,20H,6-7,11-13H2,1-5H3. The Hall–Kier alpha value is -0.930. The van der Waals surface area contributed by atoms with Crippen LogP contribution in [0.4, 0.5) is 0 Å². The molecule has 1 aromatic heterocycles. The van der Waals surface area contributed by atoms with Crippen LogP contribution in [0.3, 0.4) is 0 Å². The van der Waals surface area contributed by atoms with Crippen molar-refractivity contribution in [1.29, 1.82) is 0 Å². The normalized spacial score (nSPS) is 22.7. The number of hydrogen-bond acceptors (Lipinski definition) is 3. The average molecular weight is 289 g/mol. The zero-order chi connectivity index (χ0) is 15.5. The summed E-state index contributed by atoms with van der Waals surface area (Å²) in [5, 5.41) is 3.78. The van der Waals surface area contributed by atoms with Gasteiger partial charge in [0.2, 0.25) is 0 Å². The van der Waals surface area contributed by atoms with Crippen molar-refractivity contribution in [3.8, 4) is 0 Å². The van der Waals surface area contributed by atoms with Gasteiger partial charge in [-0.15, -0.1) is 0 Å². The lowest BCUT2D eigenvalue weighted by molar-refractivity contribution is 0.0155. The highest BCUT2D eigenvalue weighted by Gasteiger charge is 2.39. The number of piperazine rings is 1. The van der Waals surface area contributed by atoms with Crippen molar-refractivity contribution in [2.45, 2.75) is 65.6 Å². The third kappa shape index (κ3) is 3.64. The Balaban J connectivity index is 2.20. The molecule has 0 bridgehead atoms. The first kappa shape index (κ1) is 16.4. The topological polar surface area (TPSA) is 28.2 Å². The van der Waals surface area contributed by atoms with Crippen LogP contribution in [0.25, 0.3) is 0 Å². The van der Waals surface area contributed by atoms with Crippen molar-refractivity contribution in [2.75, 3.05) is 13.1 Å². The van der Waals surface area contributed by atoms with E-state index < -0.39 is 0 Å². The van der Waals surface area contributed by atoms with E-state index in [9.17, 15) is 0 Å². The van der Waals surface area contributed by atoms with E-state index in [0.717, 1.165) is 19.6 Å². The Morgan fingerprint density at radius 1 is 1.33 bits per heavy atom. The molecule has 1 unspecified atom stereocenters. The molecule has 2 rings (SSSR count). The SMILES string of the molecule is CCC1(CC)CNC(C(C)C)CN1Cc1cncc(C)c1. The number of rotatable bonds is 5. The van der Waals surface area contributed by atoms with Gasteiger partial charge in [0, 0.05) is 43.6 Å². The van der Waals surface area contributed by atoms with Crippen molar-refractivity contribution in [3.05, 3.63) is 29.6 Å². The molecule has 0 aromatic carbocycles. The summed E-state index contributed by atoms with van der Waals surface area (Å²) in [7, 11) is 0. The van der Waals surface area contributed by atoms with Gasteiger partial charge in [0.15, 0.2) is 0 Å². The predicted molar refractivity (Wildman–Crippen MR) is 89.3 cm³/mol. The van der Waals surface area contributed by atoms with Gasteiger partial charge >= 0.3 is 0 Å². The highest BCUT2D eigenvalue weighted by Crippen LogP contribution is 2.30. The Kier molecular flexibility index (Phi) is 5.39. The summed E-state index contributed by atoms with van der Waals surface area (Å²) >= 11 is 0. The van der Waals surface area contributed by atoms with Gasteiger partial charge in [-0.1, -0.05) is 33.8 Å². The molecule has 0 spiro atoms. The molecule has 0 saturated carbocycles.